The number of hydrogen-bond donors (Lipinski definition) is 0. The summed E-state index contributed by atoms with van der Waals surface area (Å²) < 4.78 is 46.0. The fourth-order valence-electron chi connectivity index (χ4n) is 1.15. The van der Waals surface area contributed by atoms with Gasteiger partial charge in [-0.3, -0.25) is 0 Å². The molecular weight excluding hydrogens is 225 g/mol. The summed E-state index contributed by atoms with van der Waals surface area (Å²) in [5.41, 5.74) is 0.263. The predicted octanol–water partition coefficient (Wildman–Crippen LogP) is 1.87. The van der Waals surface area contributed by atoms with Crippen LogP contribution in [0.3, 0.4) is 0 Å². The Hall–Kier alpha value is -1.21. The maximum atomic E-state index is 12.1. The first kappa shape index (κ1) is 12.9. The van der Waals surface area contributed by atoms with Crippen LogP contribution in [-0.2, 0) is 15.9 Å². The summed E-state index contributed by atoms with van der Waals surface area (Å²) in [6, 6.07) is 1.44. The molecule has 0 aliphatic carbocycles. The van der Waals surface area contributed by atoms with Gasteiger partial charge in [-0.2, -0.15) is 13.2 Å². The molecule has 0 saturated heterocycles. The molecule has 0 fully saturated rings. The molecule has 1 rings (SSSR count). The lowest BCUT2D eigenvalue weighted by atomic mass is 10.3. The molecule has 16 heavy (non-hydrogen) atoms. The van der Waals surface area contributed by atoms with Gasteiger partial charge in [-0.25, -0.2) is 9.97 Å². The van der Waals surface area contributed by atoms with Gasteiger partial charge in [0.05, 0.1) is 5.69 Å². The zero-order valence-electron chi connectivity index (χ0n) is 8.78. The molecule has 7 heteroatoms. The van der Waals surface area contributed by atoms with Crippen LogP contribution >= 0.6 is 0 Å². The van der Waals surface area contributed by atoms with Gasteiger partial charge in [0, 0.05) is 20.4 Å². The van der Waals surface area contributed by atoms with Gasteiger partial charge in [-0.1, -0.05) is 0 Å². The van der Waals surface area contributed by atoms with Crippen molar-refractivity contribution < 1.29 is 22.6 Å². The van der Waals surface area contributed by atoms with Crippen molar-refractivity contribution in [1.82, 2.24) is 9.97 Å². The van der Waals surface area contributed by atoms with E-state index in [0.717, 1.165) is 0 Å². The van der Waals surface area contributed by atoms with E-state index in [1.165, 1.54) is 26.5 Å². The van der Waals surface area contributed by atoms with Gasteiger partial charge >= 0.3 is 6.18 Å². The summed E-state index contributed by atoms with van der Waals surface area (Å²) in [5.74, 6) is -0.302. The Balaban J connectivity index is 2.86. The number of hydrogen-bond acceptors (Lipinski definition) is 4. The van der Waals surface area contributed by atoms with E-state index in [1.807, 2.05) is 0 Å². The van der Waals surface area contributed by atoms with Crippen molar-refractivity contribution in [2.75, 3.05) is 14.2 Å². The van der Waals surface area contributed by atoms with Crippen LogP contribution in [0.5, 0.6) is 0 Å². The molecule has 0 N–H and O–H groups in total. The summed E-state index contributed by atoms with van der Waals surface area (Å²) in [5, 5.41) is 0. The Morgan fingerprint density at radius 1 is 1.31 bits per heavy atom. The minimum Gasteiger partial charge on any atom is -0.350 e. The molecule has 0 unspecified atom stereocenters. The van der Waals surface area contributed by atoms with Crippen LogP contribution in [0.15, 0.2) is 12.3 Å². The number of ether oxygens (including phenoxy) is 2. The number of alkyl halides is 3. The van der Waals surface area contributed by atoms with Crippen molar-refractivity contribution in [3.63, 3.8) is 0 Å². The molecule has 0 saturated carbocycles. The molecule has 1 heterocycles. The van der Waals surface area contributed by atoms with Gasteiger partial charge in [-0.15, -0.1) is 0 Å². The van der Waals surface area contributed by atoms with Gasteiger partial charge < -0.3 is 9.47 Å². The van der Waals surface area contributed by atoms with Crippen LogP contribution in [0.25, 0.3) is 0 Å². The molecule has 4 nitrogen and oxygen atoms in total. The standard InChI is InChI=1S/C9H11F3N2O2/c1-15-8(16-2)6-3-4-13-7(14-6)5-9(10,11)12/h3-4,8H,5H2,1-2H3. The first-order valence-corrected chi connectivity index (χ1v) is 4.40. The minimum atomic E-state index is -4.33. The zero-order chi connectivity index (χ0) is 12.2. The second kappa shape index (κ2) is 5.22. The molecule has 0 bridgehead atoms. The van der Waals surface area contributed by atoms with Gasteiger partial charge in [0.2, 0.25) is 6.29 Å². The SMILES string of the molecule is COC(OC)c1ccnc(CC(F)(F)F)n1. The van der Waals surface area contributed by atoms with Crippen LogP contribution in [0.2, 0.25) is 0 Å². The molecule has 0 spiro atoms. The van der Waals surface area contributed by atoms with E-state index in [1.54, 1.807) is 0 Å². The van der Waals surface area contributed by atoms with Gasteiger partial charge in [-0.05, 0) is 6.07 Å². The lowest BCUT2D eigenvalue weighted by Crippen LogP contribution is -2.16. The Morgan fingerprint density at radius 3 is 2.44 bits per heavy atom. The van der Waals surface area contributed by atoms with Gasteiger partial charge in [0.15, 0.2) is 0 Å². The predicted molar refractivity (Wildman–Crippen MR) is 48.6 cm³/mol. The monoisotopic (exact) mass is 236 g/mol. The van der Waals surface area contributed by atoms with E-state index < -0.39 is 18.9 Å². The second-order valence-corrected chi connectivity index (χ2v) is 2.99. The highest BCUT2D eigenvalue weighted by molar-refractivity contribution is 5.04. The van der Waals surface area contributed by atoms with E-state index in [0.29, 0.717) is 0 Å². The maximum absolute atomic E-state index is 12.1. The fourth-order valence-corrected chi connectivity index (χ4v) is 1.15. The number of rotatable bonds is 4. The van der Waals surface area contributed by atoms with E-state index in [2.05, 4.69) is 9.97 Å². The highest BCUT2D eigenvalue weighted by Crippen LogP contribution is 2.20. The minimum absolute atomic E-state index is 0.263. The number of methoxy groups -OCH3 is 2. The summed E-state index contributed by atoms with van der Waals surface area (Å²) in [6.07, 6.45) is -5.03. The van der Waals surface area contributed by atoms with E-state index in [4.69, 9.17) is 9.47 Å². The number of halogens is 3. The van der Waals surface area contributed by atoms with E-state index >= 15 is 0 Å². The first-order valence-electron chi connectivity index (χ1n) is 4.40. The van der Waals surface area contributed by atoms with Crippen molar-refractivity contribution in [1.29, 1.82) is 0 Å². The van der Waals surface area contributed by atoms with Crippen molar-refractivity contribution in [3.8, 4) is 0 Å². The molecule has 1 aromatic rings. The van der Waals surface area contributed by atoms with Crippen LogP contribution in [-0.4, -0.2) is 30.4 Å². The summed E-state index contributed by atoms with van der Waals surface area (Å²) in [4.78, 5) is 7.25. The van der Waals surface area contributed by atoms with E-state index in [9.17, 15) is 13.2 Å². The van der Waals surface area contributed by atoms with Crippen molar-refractivity contribution in [2.45, 2.75) is 18.9 Å². The third-order valence-electron chi connectivity index (χ3n) is 1.76. The van der Waals surface area contributed by atoms with Crippen LogP contribution in [0.1, 0.15) is 17.8 Å². The van der Waals surface area contributed by atoms with Gasteiger partial charge in [0.1, 0.15) is 12.2 Å². The third-order valence-corrected chi connectivity index (χ3v) is 1.76. The van der Waals surface area contributed by atoms with Gasteiger partial charge in [0.25, 0.3) is 0 Å². The molecule has 1 aromatic heterocycles. The van der Waals surface area contributed by atoms with Crippen molar-refractivity contribution >= 4 is 0 Å². The largest absolute Gasteiger partial charge is 0.396 e. The quantitative estimate of drug-likeness (QED) is 0.748. The topological polar surface area (TPSA) is 44.2 Å². The lowest BCUT2D eigenvalue weighted by molar-refractivity contribution is -0.129. The third kappa shape index (κ3) is 3.74. The van der Waals surface area contributed by atoms with Crippen molar-refractivity contribution in [2.24, 2.45) is 0 Å². The van der Waals surface area contributed by atoms with Crippen LogP contribution in [0, 0.1) is 0 Å². The average Bonchev–Trinajstić information content (AvgIpc) is 2.17. The Morgan fingerprint density at radius 2 is 1.94 bits per heavy atom. The molecular formula is C9H11F3N2O2. The zero-order valence-corrected chi connectivity index (χ0v) is 8.78. The number of nitrogens with zero attached hydrogens (tertiary/aromatic N) is 2. The Bertz CT molecular complexity index is 340. The highest BCUT2D eigenvalue weighted by Gasteiger charge is 2.29. The van der Waals surface area contributed by atoms with Crippen LogP contribution in [0.4, 0.5) is 13.2 Å². The normalized spacial score (nSPS) is 12.1. The molecule has 0 aliphatic heterocycles. The molecule has 90 valence electrons. The first-order chi connectivity index (χ1) is 7.46. The second-order valence-electron chi connectivity index (χ2n) is 2.99. The highest BCUT2D eigenvalue weighted by atomic mass is 19.4. The maximum Gasteiger partial charge on any atom is 0.396 e. The summed E-state index contributed by atoms with van der Waals surface area (Å²) in [6.45, 7) is 0. The number of aromatic nitrogens is 2. The van der Waals surface area contributed by atoms with E-state index in [-0.39, 0.29) is 11.5 Å². The smallest absolute Gasteiger partial charge is 0.350 e. The molecule has 0 aliphatic rings. The van der Waals surface area contributed by atoms with Crippen molar-refractivity contribution in [3.05, 3.63) is 23.8 Å². The molecule has 0 amide bonds. The van der Waals surface area contributed by atoms with Crippen LogP contribution < -0.4 is 0 Å². The Labute approximate surface area is 90.4 Å². The molecule has 0 atom stereocenters. The lowest BCUT2D eigenvalue weighted by Gasteiger charge is -2.13. The summed E-state index contributed by atoms with van der Waals surface area (Å²) in [7, 11) is 2.75. The molecule has 0 radical (unpaired) electrons. The fraction of sp³-hybridized carbons (Fsp3) is 0.556. The average molecular weight is 236 g/mol. The summed E-state index contributed by atoms with van der Waals surface area (Å²) >= 11 is 0. The molecule has 0 aromatic carbocycles. The Kier molecular flexibility index (Phi) is 4.19.